The molecule has 0 amide bonds. The van der Waals surface area contributed by atoms with Gasteiger partial charge in [0.25, 0.3) is 5.56 Å². The number of azo groups is 1. The highest BCUT2D eigenvalue weighted by Crippen LogP contribution is 2.42. The largest absolute Gasteiger partial charge is 0.469 e. The Morgan fingerprint density at radius 2 is 1.94 bits per heavy atom. The van der Waals surface area contributed by atoms with Crippen LogP contribution in [0.5, 0.6) is 0 Å². The number of H-pyrrole nitrogens is 1. The first-order valence-electron chi connectivity index (χ1n) is 10.6. The normalized spacial score (nSPS) is 26.6. The van der Waals surface area contributed by atoms with Crippen molar-refractivity contribution in [1.82, 2.24) is 9.97 Å². The molecule has 0 aliphatic carbocycles. The number of benzene rings is 1. The predicted octanol–water partition coefficient (Wildman–Crippen LogP) is -0.206. The van der Waals surface area contributed by atoms with Gasteiger partial charge in [-0.1, -0.05) is 19.1 Å². The van der Waals surface area contributed by atoms with E-state index in [0.717, 1.165) is 12.0 Å². The van der Waals surface area contributed by atoms with E-state index in [4.69, 9.17) is 20.3 Å². The standard InChI is InChI=1S/C19H26N7O8P/c1-3-9-4-6-10(7-5-9)23-24-19-25(2)12-15(21-18(20)22-16(12)29)26(19)17-14(28)13(27)11(34-17)8-33-35(30,31)32/h4-7,11,13-14,17,19,27-28H,3,8H2,1-2H3,(H2,30,31,32)(H3,20,21,22,29)/t11-,13?,14+,17-,19?/m1/s1. The summed E-state index contributed by atoms with van der Waals surface area (Å²) in [5, 5.41) is 29.7. The molecule has 2 aromatic rings. The molecular weight excluding hydrogens is 485 g/mol. The molecule has 5 atom stereocenters. The van der Waals surface area contributed by atoms with Gasteiger partial charge < -0.3 is 35.4 Å². The van der Waals surface area contributed by atoms with Crippen LogP contribution in [0.1, 0.15) is 12.5 Å². The molecule has 3 heterocycles. The number of rotatable bonds is 7. The van der Waals surface area contributed by atoms with Gasteiger partial charge in [0, 0.05) is 7.05 Å². The molecule has 0 saturated carbocycles. The first-order valence-corrected chi connectivity index (χ1v) is 12.2. The monoisotopic (exact) mass is 511 g/mol. The number of hydrogen-bond acceptors (Lipinski definition) is 12. The molecule has 0 spiro atoms. The number of aryl methyl sites for hydroxylation is 1. The van der Waals surface area contributed by atoms with Gasteiger partial charge in [0.05, 0.1) is 12.3 Å². The number of anilines is 3. The fourth-order valence-electron chi connectivity index (χ4n) is 3.95. The van der Waals surface area contributed by atoms with Crippen LogP contribution in [0.3, 0.4) is 0 Å². The van der Waals surface area contributed by atoms with Gasteiger partial charge in [0.1, 0.15) is 24.0 Å². The molecule has 190 valence electrons. The van der Waals surface area contributed by atoms with E-state index in [1.54, 1.807) is 19.2 Å². The average Bonchev–Trinajstić information content (AvgIpc) is 3.23. The number of nitrogens with one attached hydrogen (secondary N) is 1. The van der Waals surface area contributed by atoms with Crippen LogP contribution < -0.4 is 21.1 Å². The van der Waals surface area contributed by atoms with Crippen molar-refractivity contribution in [1.29, 1.82) is 0 Å². The third-order valence-corrected chi connectivity index (χ3v) is 6.21. The van der Waals surface area contributed by atoms with Crippen LogP contribution in [0.2, 0.25) is 0 Å². The molecule has 35 heavy (non-hydrogen) atoms. The van der Waals surface area contributed by atoms with E-state index in [9.17, 15) is 19.6 Å². The first kappa shape index (κ1) is 25.2. The number of nitrogens with zero attached hydrogens (tertiary/aromatic N) is 5. The number of nitrogens with two attached hydrogens (primary N) is 1. The van der Waals surface area contributed by atoms with Gasteiger partial charge in [0.15, 0.2) is 12.0 Å². The number of aromatic amines is 1. The highest BCUT2D eigenvalue weighted by Gasteiger charge is 2.52. The summed E-state index contributed by atoms with van der Waals surface area (Å²) in [4.78, 5) is 39.9. The number of hydrogen-bond donors (Lipinski definition) is 6. The molecule has 0 bridgehead atoms. The van der Waals surface area contributed by atoms with Crippen molar-refractivity contribution in [2.24, 2.45) is 10.2 Å². The highest BCUT2D eigenvalue weighted by atomic mass is 31.2. The second kappa shape index (κ2) is 9.62. The zero-order valence-electron chi connectivity index (χ0n) is 18.8. The lowest BCUT2D eigenvalue weighted by Crippen LogP contribution is -2.51. The number of aliphatic hydroxyl groups is 2. The lowest BCUT2D eigenvalue weighted by Gasteiger charge is -2.32. The summed E-state index contributed by atoms with van der Waals surface area (Å²) in [7, 11) is -3.29. The number of phosphoric ester groups is 1. The third-order valence-electron chi connectivity index (χ3n) is 5.73. The van der Waals surface area contributed by atoms with Crippen molar-refractivity contribution in [3.8, 4) is 0 Å². The maximum Gasteiger partial charge on any atom is 0.469 e. The van der Waals surface area contributed by atoms with Gasteiger partial charge >= 0.3 is 7.82 Å². The molecule has 7 N–H and O–H groups in total. The number of aromatic nitrogens is 2. The molecule has 2 unspecified atom stereocenters. The fraction of sp³-hybridized carbons (Fsp3) is 0.474. The summed E-state index contributed by atoms with van der Waals surface area (Å²) < 4.78 is 21.2. The van der Waals surface area contributed by atoms with Crippen molar-refractivity contribution >= 4 is 31.0 Å². The van der Waals surface area contributed by atoms with Crippen molar-refractivity contribution in [3.05, 3.63) is 40.2 Å². The van der Waals surface area contributed by atoms with Gasteiger partial charge in [-0.2, -0.15) is 10.1 Å². The second-order valence-electron chi connectivity index (χ2n) is 8.06. The lowest BCUT2D eigenvalue weighted by molar-refractivity contribution is -0.0238. The van der Waals surface area contributed by atoms with Crippen LogP contribution in [0.15, 0.2) is 39.3 Å². The first-order chi connectivity index (χ1) is 16.5. The Morgan fingerprint density at radius 1 is 1.26 bits per heavy atom. The molecule has 16 heteroatoms. The van der Waals surface area contributed by atoms with Crippen molar-refractivity contribution in [2.45, 2.75) is 44.2 Å². The molecule has 1 fully saturated rings. The minimum absolute atomic E-state index is 0.0202. The lowest BCUT2D eigenvalue weighted by atomic mass is 10.1. The van der Waals surface area contributed by atoms with Gasteiger partial charge in [0.2, 0.25) is 12.2 Å². The van der Waals surface area contributed by atoms with Gasteiger partial charge in [-0.05, 0) is 24.1 Å². The molecule has 2 aliphatic rings. The minimum atomic E-state index is -4.85. The van der Waals surface area contributed by atoms with Gasteiger partial charge in [-0.25, -0.2) is 4.57 Å². The summed E-state index contributed by atoms with van der Waals surface area (Å²) in [5.41, 5.74) is 6.89. The van der Waals surface area contributed by atoms with Crippen LogP contribution >= 0.6 is 7.82 Å². The topological polar surface area (TPSA) is 219 Å². The molecule has 4 rings (SSSR count). The molecule has 1 aromatic carbocycles. The number of fused-ring (bicyclic) bond motifs is 1. The molecule has 2 aliphatic heterocycles. The number of phosphoric acid groups is 1. The van der Waals surface area contributed by atoms with E-state index in [-0.39, 0.29) is 17.5 Å². The smallest absolute Gasteiger partial charge is 0.387 e. The molecule has 0 radical (unpaired) electrons. The van der Waals surface area contributed by atoms with Crippen LogP contribution in [0.4, 0.5) is 23.1 Å². The zero-order chi connectivity index (χ0) is 25.5. The van der Waals surface area contributed by atoms with Crippen LogP contribution in [-0.2, 0) is 20.2 Å². The maximum atomic E-state index is 12.6. The molecule has 15 nitrogen and oxygen atoms in total. The Hall–Kier alpha value is -2.91. The summed E-state index contributed by atoms with van der Waals surface area (Å²) >= 11 is 0. The zero-order valence-corrected chi connectivity index (χ0v) is 19.7. The van der Waals surface area contributed by atoms with E-state index in [0.29, 0.717) is 5.69 Å². The Morgan fingerprint density at radius 3 is 2.57 bits per heavy atom. The van der Waals surface area contributed by atoms with Gasteiger partial charge in [-0.3, -0.25) is 19.2 Å². The predicted molar refractivity (Wildman–Crippen MR) is 123 cm³/mol. The third kappa shape index (κ3) is 5.06. The quantitative estimate of drug-likeness (QED) is 0.210. The van der Waals surface area contributed by atoms with Crippen LogP contribution in [0.25, 0.3) is 0 Å². The van der Waals surface area contributed by atoms with E-state index in [1.807, 2.05) is 19.1 Å². The Balaban J connectivity index is 1.69. The Kier molecular flexibility index (Phi) is 6.92. The van der Waals surface area contributed by atoms with E-state index < -0.39 is 50.8 Å². The SMILES string of the molecule is CCc1ccc(N=NC2N(C)c3c(nc(N)[nH]c3=O)N2[C@@H]2O[C@H](COP(=O)(O)O)C(O)[C@@H]2O)cc1. The fourth-order valence-corrected chi connectivity index (χ4v) is 4.29. The van der Waals surface area contributed by atoms with E-state index in [2.05, 4.69) is 24.7 Å². The van der Waals surface area contributed by atoms with Crippen molar-refractivity contribution < 1.29 is 33.8 Å². The summed E-state index contributed by atoms with van der Waals surface area (Å²) in [6.45, 7) is 1.32. The minimum Gasteiger partial charge on any atom is -0.387 e. The summed E-state index contributed by atoms with van der Waals surface area (Å²) in [5.74, 6) is -0.179. The number of aliphatic hydroxyl groups excluding tert-OH is 2. The number of ether oxygens (including phenoxy) is 1. The second-order valence-corrected chi connectivity index (χ2v) is 9.30. The maximum absolute atomic E-state index is 12.6. The van der Waals surface area contributed by atoms with Crippen LogP contribution in [0, 0.1) is 0 Å². The average molecular weight is 511 g/mol. The molecule has 1 aromatic heterocycles. The molecular formula is C19H26N7O8P. The van der Waals surface area contributed by atoms with Gasteiger partial charge in [-0.15, -0.1) is 5.11 Å². The highest BCUT2D eigenvalue weighted by molar-refractivity contribution is 7.46. The van der Waals surface area contributed by atoms with E-state index in [1.165, 1.54) is 9.80 Å². The van der Waals surface area contributed by atoms with Crippen LogP contribution in [-0.4, -0.2) is 74.5 Å². The molecule has 1 saturated heterocycles. The van der Waals surface area contributed by atoms with E-state index >= 15 is 0 Å². The Bertz CT molecular complexity index is 1200. The summed E-state index contributed by atoms with van der Waals surface area (Å²) in [6.07, 6.45) is -5.97. The number of nitrogen functional groups attached to an aromatic ring is 1. The van der Waals surface area contributed by atoms with Crippen molar-refractivity contribution in [3.63, 3.8) is 0 Å². The van der Waals surface area contributed by atoms with Crippen molar-refractivity contribution in [2.75, 3.05) is 29.2 Å². The Labute approximate surface area is 199 Å². The summed E-state index contributed by atoms with van der Waals surface area (Å²) in [6, 6.07) is 7.35.